The average Bonchev–Trinajstić information content (AvgIpc) is 2.66. The minimum Gasteiger partial charge on any atom is -0.390 e. The van der Waals surface area contributed by atoms with E-state index in [4.69, 9.17) is 0 Å². The number of nitrogens with zero attached hydrogens (tertiary/aromatic N) is 1. The lowest BCUT2D eigenvalue weighted by Crippen LogP contribution is -2.43. The van der Waals surface area contributed by atoms with E-state index in [2.05, 4.69) is 5.32 Å². The number of nitrogens with one attached hydrogen (secondary N) is 1. The molecule has 2 aliphatic rings. The van der Waals surface area contributed by atoms with Crippen molar-refractivity contribution in [1.29, 1.82) is 0 Å². The van der Waals surface area contributed by atoms with Gasteiger partial charge in [0.25, 0.3) is 5.91 Å². The van der Waals surface area contributed by atoms with Crippen LogP contribution in [0, 0.1) is 6.92 Å². The van der Waals surface area contributed by atoms with Gasteiger partial charge in [-0.2, -0.15) is 0 Å². The second-order valence-corrected chi connectivity index (χ2v) is 6.65. The topological polar surface area (TPSA) is 69.6 Å². The van der Waals surface area contributed by atoms with Crippen molar-refractivity contribution >= 4 is 11.9 Å². The van der Waals surface area contributed by atoms with Gasteiger partial charge in [0.15, 0.2) is 0 Å². The molecule has 1 saturated heterocycles. The first-order chi connectivity index (χ1) is 10.4. The number of imide groups is 1. The van der Waals surface area contributed by atoms with Crippen molar-refractivity contribution in [2.75, 3.05) is 6.54 Å². The molecule has 1 aromatic carbocycles. The summed E-state index contributed by atoms with van der Waals surface area (Å²) in [6.45, 7) is 3.94. The van der Waals surface area contributed by atoms with E-state index in [1.54, 1.807) is 6.92 Å². The van der Waals surface area contributed by atoms with Crippen LogP contribution in [0.3, 0.4) is 0 Å². The molecule has 5 heteroatoms. The standard InChI is InChI=1S/C17H22N2O3/c1-12-6-3-4-7-13(12)16(2)14(20)19(15(21)18-16)11-10-17(22)8-5-9-17/h3-4,6-7,22H,5,8-11H2,1-2H3,(H,18,21). The van der Waals surface area contributed by atoms with Gasteiger partial charge in [0.2, 0.25) is 0 Å². The summed E-state index contributed by atoms with van der Waals surface area (Å²) in [6.07, 6.45) is 2.98. The molecule has 0 aromatic heterocycles. The Morgan fingerprint density at radius 2 is 1.95 bits per heavy atom. The summed E-state index contributed by atoms with van der Waals surface area (Å²) in [7, 11) is 0. The van der Waals surface area contributed by atoms with Crippen LogP contribution in [0.15, 0.2) is 24.3 Å². The van der Waals surface area contributed by atoms with Crippen molar-refractivity contribution in [2.24, 2.45) is 0 Å². The lowest BCUT2D eigenvalue weighted by atomic mass is 9.78. The number of benzene rings is 1. The van der Waals surface area contributed by atoms with E-state index < -0.39 is 11.1 Å². The van der Waals surface area contributed by atoms with Gasteiger partial charge in [-0.05, 0) is 50.7 Å². The molecular formula is C17H22N2O3. The summed E-state index contributed by atoms with van der Waals surface area (Å²) in [5.74, 6) is -0.241. The van der Waals surface area contributed by atoms with E-state index in [-0.39, 0.29) is 18.5 Å². The Labute approximate surface area is 130 Å². The first-order valence-electron chi connectivity index (χ1n) is 7.78. The number of carbonyl (C=O) groups excluding carboxylic acids is 2. The SMILES string of the molecule is Cc1ccccc1C1(C)NC(=O)N(CCC2(O)CCC2)C1=O. The maximum Gasteiger partial charge on any atom is 0.325 e. The van der Waals surface area contributed by atoms with Crippen LogP contribution in [-0.2, 0) is 10.3 Å². The first-order valence-corrected chi connectivity index (χ1v) is 7.78. The van der Waals surface area contributed by atoms with E-state index >= 15 is 0 Å². The van der Waals surface area contributed by atoms with Crippen LogP contribution in [0.1, 0.15) is 43.7 Å². The van der Waals surface area contributed by atoms with Gasteiger partial charge >= 0.3 is 6.03 Å². The van der Waals surface area contributed by atoms with Crippen LogP contribution >= 0.6 is 0 Å². The Bertz CT molecular complexity index is 624. The zero-order valence-corrected chi connectivity index (χ0v) is 13.1. The van der Waals surface area contributed by atoms with Crippen molar-refractivity contribution in [3.8, 4) is 0 Å². The van der Waals surface area contributed by atoms with Gasteiger partial charge in [-0.3, -0.25) is 9.69 Å². The van der Waals surface area contributed by atoms with Crippen LogP contribution < -0.4 is 5.32 Å². The molecule has 3 amide bonds. The molecular weight excluding hydrogens is 280 g/mol. The molecule has 1 aliphatic heterocycles. The molecule has 5 nitrogen and oxygen atoms in total. The number of amides is 3. The van der Waals surface area contributed by atoms with Gasteiger partial charge in [0.1, 0.15) is 5.54 Å². The Morgan fingerprint density at radius 1 is 1.27 bits per heavy atom. The monoisotopic (exact) mass is 302 g/mol. The maximum absolute atomic E-state index is 12.8. The highest BCUT2D eigenvalue weighted by atomic mass is 16.3. The summed E-state index contributed by atoms with van der Waals surface area (Å²) in [4.78, 5) is 26.2. The van der Waals surface area contributed by atoms with E-state index in [1.165, 1.54) is 4.90 Å². The number of urea groups is 1. The predicted molar refractivity (Wildman–Crippen MR) is 82.2 cm³/mol. The smallest absolute Gasteiger partial charge is 0.325 e. The molecule has 1 atom stereocenters. The Balaban J connectivity index is 1.80. The number of aliphatic hydroxyl groups is 1. The molecule has 2 fully saturated rings. The lowest BCUT2D eigenvalue weighted by Gasteiger charge is -2.37. The van der Waals surface area contributed by atoms with Gasteiger partial charge in [-0.1, -0.05) is 24.3 Å². The third kappa shape index (κ3) is 2.29. The number of carbonyl (C=O) groups is 2. The zero-order chi connectivity index (χ0) is 16.0. The Hall–Kier alpha value is -1.88. The highest BCUT2D eigenvalue weighted by Crippen LogP contribution is 2.36. The minimum atomic E-state index is -1.02. The molecule has 1 aliphatic carbocycles. The highest BCUT2D eigenvalue weighted by Gasteiger charge is 2.50. The van der Waals surface area contributed by atoms with Crippen molar-refractivity contribution in [3.63, 3.8) is 0 Å². The summed E-state index contributed by atoms with van der Waals surface area (Å²) in [6, 6.07) is 7.20. The Morgan fingerprint density at radius 3 is 2.55 bits per heavy atom. The number of aryl methyl sites for hydroxylation is 1. The highest BCUT2D eigenvalue weighted by molar-refractivity contribution is 6.07. The van der Waals surface area contributed by atoms with Gasteiger partial charge in [0.05, 0.1) is 5.60 Å². The van der Waals surface area contributed by atoms with E-state index in [1.807, 2.05) is 31.2 Å². The van der Waals surface area contributed by atoms with E-state index in [0.29, 0.717) is 6.42 Å². The van der Waals surface area contributed by atoms with Crippen LogP contribution in [-0.4, -0.2) is 34.1 Å². The normalized spacial score (nSPS) is 26.8. The van der Waals surface area contributed by atoms with Gasteiger partial charge in [-0.25, -0.2) is 4.79 Å². The summed E-state index contributed by atoms with van der Waals surface area (Å²) in [5.41, 5.74) is 0.0729. The number of rotatable bonds is 4. The number of hydrogen-bond acceptors (Lipinski definition) is 3. The second-order valence-electron chi connectivity index (χ2n) is 6.65. The fourth-order valence-corrected chi connectivity index (χ4v) is 3.37. The predicted octanol–water partition coefficient (Wildman–Crippen LogP) is 2.07. The summed E-state index contributed by atoms with van der Waals surface area (Å²) in [5, 5.41) is 13.0. The number of hydrogen-bond donors (Lipinski definition) is 2. The molecule has 22 heavy (non-hydrogen) atoms. The molecule has 1 saturated carbocycles. The van der Waals surface area contributed by atoms with Gasteiger partial charge in [0, 0.05) is 6.54 Å². The third-order valence-corrected chi connectivity index (χ3v) is 5.04. The van der Waals surface area contributed by atoms with Crippen LogP contribution in [0.25, 0.3) is 0 Å². The quantitative estimate of drug-likeness (QED) is 0.837. The second kappa shape index (κ2) is 5.09. The largest absolute Gasteiger partial charge is 0.390 e. The molecule has 0 radical (unpaired) electrons. The lowest BCUT2D eigenvalue weighted by molar-refractivity contribution is -0.132. The van der Waals surface area contributed by atoms with Crippen LogP contribution in [0.2, 0.25) is 0 Å². The molecule has 1 aromatic rings. The molecule has 0 bridgehead atoms. The average molecular weight is 302 g/mol. The zero-order valence-electron chi connectivity index (χ0n) is 13.1. The molecule has 1 unspecified atom stereocenters. The van der Waals surface area contributed by atoms with E-state index in [9.17, 15) is 14.7 Å². The molecule has 3 rings (SSSR count). The van der Waals surface area contributed by atoms with Gasteiger partial charge in [-0.15, -0.1) is 0 Å². The minimum absolute atomic E-state index is 0.241. The van der Waals surface area contributed by atoms with Crippen molar-refractivity contribution in [1.82, 2.24) is 10.2 Å². The first kappa shape index (κ1) is 15.0. The van der Waals surface area contributed by atoms with Gasteiger partial charge < -0.3 is 10.4 Å². The maximum atomic E-state index is 12.8. The Kier molecular flexibility index (Phi) is 3.48. The van der Waals surface area contributed by atoms with E-state index in [0.717, 1.165) is 30.4 Å². The summed E-state index contributed by atoms with van der Waals surface area (Å²) >= 11 is 0. The molecule has 2 N–H and O–H groups in total. The fourth-order valence-electron chi connectivity index (χ4n) is 3.37. The van der Waals surface area contributed by atoms with Crippen molar-refractivity contribution in [3.05, 3.63) is 35.4 Å². The van der Waals surface area contributed by atoms with Crippen molar-refractivity contribution < 1.29 is 14.7 Å². The molecule has 0 spiro atoms. The van der Waals surface area contributed by atoms with Crippen molar-refractivity contribution in [2.45, 2.75) is 50.7 Å². The van der Waals surface area contributed by atoms with Crippen LogP contribution in [0.4, 0.5) is 4.79 Å². The molecule has 118 valence electrons. The summed E-state index contributed by atoms with van der Waals surface area (Å²) < 4.78 is 0. The fraction of sp³-hybridized carbons (Fsp3) is 0.529. The molecule has 1 heterocycles. The van der Waals surface area contributed by atoms with Crippen LogP contribution in [0.5, 0.6) is 0 Å². The third-order valence-electron chi connectivity index (χ3n) is 5.04.